The normalized spacial score (nSPS) is 22.0. The number of carbonyl (C=O) groups excluding carboxylic acids is 1. The van der Waals surface area contributed by atoms with Crippen molar-refractivity contribution in [3.05, 3.63) is 50.6 Å². The van der Waals surface area contributed by atoms with Crippen molar-refractivity contribution in [2.45, 2.75) is 6.42 Å². The maximum Gasteiger partial charge on any atom is 0.177 e. The molecule has 0 radical (unpaired) electrons. The fraction of sp³-hybridized carbons (Fsp3) is 0.154. The number of carbonyl (C=O) groups is 1. The van der Waals surface area contributed by atoms with Gasteiger partial charge in [-0.2, -0.15) is 0 Å². The number of Topliss-reactive ketones (excluding diaryl/α,β-unsaturated/α-hetero) is 1. The van der Waals surface area contributed by atoms with Gasteiger partial charge < -0.3 is 4.74 Å². The molecular formula is C13H8Br2O2. The van der Waals surface area contributed by atoms with Gasteiger partial charge in [-0.3, -0.25) is 4.79 Å². The lowest BCUT2D eigenvalue weighted by Gasteiger charge is -2.28. The molecule has 0 saturated carbocycles. The molecule has 1 heterocycles. The van der Waals surface area contributed by atoms with Gasteiger partial charge in [0.1, 0.15) is 11.5 Å². The van der Waals surface area contributed by atoms with Gasteiger partial charge in [-0.05, 0) is 30.7 Å². The topological polar surface area (TPSA) is 26.3 Å². The smallest absolute Gasteiger partial charge is 0.177 e. The number of allylic oxidation sites excluding steroid dienone is 4. The molecule has 2 aliphatic rings. The first-order valence-electron chi connectivity index (χ1n) is 5.24. The lowest BCUT2D eigenvalue weighted by Crippen LogP contribution is -2.27. The van der Waals surface area contributed by atoms with Gasteiger partial charge in [0.25, 0.3) is 0 Å². The summed E-state index contributed by atoms with van der Waals surface area (Å²) in [7, 11) is 0. The molecule has 0 saturated heterocycles. The van der Waals surface area contributed by atoms with E-state index in [1.54, 1.807) is 0 Å². The highest BCUT2D eigenvalue weighted by molar-refractivity contribution is 9.12. The Bertz CT molecular complexity index is 573. The van der Waals surface area contributed by atoms with E-state index < -0.39 is 0 Å². The third kappa shape index (κ3) is 1.89. The molecular weight excluding hydrogens is 348 g/mol. The van der Waals surface area contributed by atoms with Crippen molar-refractivity contribution in [2.24, 2.45) is 5.92 Å². The van der Waals surface area contributed by atoms with Gasteiger partial charge >= 0.3 is 0 Å². The van der Waals surface area contributed by atoms with E-state index in [-0.39, 0.29) is 11.7 Å². The van der Waals surface area contributed by atoms with Crippen molar-refractivity contribution in [3.8, 4) is 5.75 Å². The Morgan fingerprint density at radius 3 is 2.94 bits per heavy atom. The van der Waals surface area contributed by atoms with Crippen LogP contribution < -0.4 is 4.74 Å². The van der Waals surface area contributed by atoms with Gasteiger partial charge in [-0.25, -0.2) is 0 Å². The predicted octanol–water partition coefficient (Wildman–Crippen LogP) is 4.21. The molecule has 0 fully saturated rings. The minimum Gasteiger partial charge on any atom is -0.460 e. The molecule has 1 aromatic rings. The molecule has 0 spiro atoms. The van der Waals surface area contributed by atoms with E-state index in [0.29, 0.717) is 17.7 Å². The molecule has 1 aromatic carbocycles. The van der Waals surface area contributed by atoms with Crippen LogP contribution >= 0.6 is 31.9 Å². The largest absolute Gasteiger partial charge is 0.460 e. The van der Waals surface area contributed by atoms with Crippen molar-refractivity contribution in [1.82, 2.24) is 0 Å². The monoisotopic (exact) mass is 354 g/mol. The Morgan fingerprint density at radius 1 is 1.29 bits per heavy atom. The number of hydrogen-bond acceptors (Lipinski definition) is 2. The zero-order valence-corrected chi connectivity index (χ0v) is 11.9. The van der Waals surface area contributed by atoms with Crippen LogP contribution in [0.15, 0.2) is 45.1 Å². The van der Waals surface area contributed by atoms with Crippen molar-refractivity contribution >= 4 is 37.6 Å². The molecule has 1 aliphatic carbocycles. The third-order valence-electron chi connectivity index (χ3n) is 2.93. The number of hydrogen-bond donors (Lipinski definition) is 0. The summed E-state index contributed by atoms with van der Waals surface area (Å²) >= 11 is 6.79. The molecule has 1 aliphatic heterocycles. The van der Waals surface area contributed by atoms with Gasteiger partial charge in [-0.15, -0.1) is 0 Å². The number of halogens is 2. The Morgan fingerprint density at radius 2 is 2.12 bits per heavy atom. The fourth-order valence-corrected chi connectivity index (χ4v) is 2.83. The number of ketones is 1. The second-order valence-electron chi connectivity index (χ2n) is 4.03. The van der Waals surface area contributed by atoms with E-state index >= 15 is 0 Å². The van der Waals surface area contributed by atoms with Gasteiger partial charge in [0.2, 0.25) is 0 Å². The quantitative estimate of drug-likeness (QED) is 0.696. The molecule has 0 N–H and O–H groups in total. The third-order valence-corrected chi connectivity index (χ3v) is 3.97. The number of ether oxygens (including phenoxy) is 1. The summed E-state index contributed by atoms with van der Waals surface area (Å²) in [5, 5.41) is 0. The highest BCUT2D eigenvalue weighted by Gasteiger charge is 2.34. The van der Waals surface area contributed by atoms with E-state index in [1.165, 1.54) is 0 Å². The zero-order chi connectivity index (χ0) is 12.0. The summed E-state index contributed by atoms with van der Waals surface area (Å²) in [4.78, 5) is 12.3. The fourth-order valence-electron chi connectivity index (χ4n) is 2.08. The molecule has 2 nitrogen and oxygen atoms in total. The summed E-state index contributed by atoms with van der Waals surface area (Å²) < 4.78 is 7.68. The minimum atomic E-state index is -0.162. The molecule has 86 valence electrons. The van der Waals surface area contributed by atoms with Gasteiger partial charge in [0.05, 0.1) is 11.5 Å². The van der Waals surface area contributed by atoms with Crippen LogP contribution in [0.1, 0.15) is 16.8 Å². The second kappa shape index (κ2) is 4.10. The van der Waals surface area contributed by atoms with Crippen molar-refractivity contribution < 1.29 is 9.53 Å². The van der Waals surface area contributed by atoms with Crippen LogP contribution in [0.25, 0.3) is 0 Å². The lowest BCUT2D eigenvalue weighted by molar-refractivity contribution is 0.0891. The molecule has 4 heteroatoms. The highest BCUT2D eigenvalue weighted by Crippen LogP contribution is 2.39. The minimum absolute atomic E-state index is 0.140. The lowest BCUT2D eigenvalue weighted by atomic mass is 9.87. The number of fused-ring (bicyclic) bond motifs is 2. The summed E-state index contributed by atoms with van der Waals surface area (Å²) in [6, 6.07) is 5.51. The SMILES string of the molecule is O=C1c2ccc(Br)cc2OC2=CC(Br)=CCC12. The Kier molecular flexibility index (Phi) is 2.71. The maximum absolute atomic E-state index is 12.3. The number of rotatable bonds is 0. The molecule has 0 bridgehead atoms. The van der Waals surface area contributed by atoms with Crippen molar-refractivity contribution in [2.75, 3.05) is 0 Å². The highest BCUT2D eigenvalue weighted by atomic mass is 79.9. The molecule has 1 atom stereocenters. The van der Waals surface area contributed by atoms with Gasteiger partial charge in [0.15, 0.2) is 5.78 Å². The average molecular weight is 356 g/mol. The Balaban J connectivity index is 2.11. The van der Waals surface area contributed by atoms with Crippen LogP contribution in [0.2, 0.25) is 0 Å². The van der Waals surface area contributed by atoms with Crippen LogP contribution in [0.4, 0.5) is 0 Å². The van der Waals surface area contributed by atoms with Crippen LogP contribution in [-0.4, -0.2) is 5.78 Å². The molecule has 0 amide bonds. The molecule has 1 unspecified atom stereocenters. The van der Waals surface area contributed by atoms with Gasteiger partial charge in [-0.1, -0.05) is 37.9 Å². The molecule has 17 heavy (non-hydrogen) atoms. The van der Waals surface area contributed by atoms with Crippen molar-refractivity contribution in [1.29, 1.82) is 0 Å². The van der Waals surface area contributed by atoms with E-state index in [0.717, 1.165) is 14.7 Å². The first-order valence-corrected chi connectivity index (χ1v) is 6.82. The van der Waals surface area contributed by atoms with Crippen LogP contribution in [0.3, 0.4) is 0 Å². The first kappa shape index (κ1) is 11.2. The second-order valence-corrected chi connectivity index (χ2v) is 5.86. The standard InChI is InChI=1S/C13H8Br2O2/c14-7-1-3-9-11(5-7)17-12-6-8(15)2-4-10(12)13(9)16/h1-3,5-6,10H,4H2. The van der Waals surface area contributed by atoms with Crippen LogP contribution in [0, 0.1) is 5.92 Å². The Labute approximate surface area is 116 Å². The van der Waals surface area contributed by atoms with Crippen molar-refractivity contribution in [3.63, 3.8) is 0 Å². The summed E-state index contributed by atoms with van der Waals surface area (Å²) in [5.74, 6) is 1.34. The zero-order valence-electron chi connectivity index (χ0n) is 8.74. The maximum atomic E-state index is 12.3. The number of benzene rings is 1. The van der Waals surface area contributed by atoms with Gasteiger partial charge in [0, 0.05) is 8.96 Å². The Hall–Kier alpha value is -0.870. The first-order chi connectivity index (χ1) is 8.15. The predicted molar refractivity (Wildman–Crippen MR) is 72.3 cm³/mol. The molecule has 0 aromatic heterocycles. The summed E-state index contributed by atoms with van der Waals surface area (Å²) in [5.41, 5.74) is 0.668. The summed E-state index contributed by atoms with van der Waals surface area (Å²) in [6.45, 7) is 0. The van der Waals surface area contributed by atoms with Crippen LogP contribution in [0.5, 0.6) is 5.75 Å². The van der Waals surface area contributed by atoms with Crippen LogP contribution in [-0.2, 0) is 0 Å². The van der Waals surface area contributed by atoms with E-state index in [1.807, 2.05) is 30.4 Å². The average Bonchev–Trinajstić information content (AvgIpc) is 2.28. The van der Waals surface area contributed by atoms with E-state index in [2.05, 4.69) is 31.9 Å². The van der Waals surface area contributed by atoms with E-state index in [9.17, 15) is 4.79 Å². The van der Waals surface area contributed by atoms with E-state index in [4.69, 9.17) is 4.74 Å². The summed E-state index contributed by atoms with van der Waals surface area (Å²) in [6.07, 6.45) is 4.57. The molecule has 3 rings (SSSR count).